The van der Waals surface area contributed by atoms with E-state index in [0.29, 0.717) is 35.7 Å². The molecule has 0 aliphatic rings. The normalized spacial score (nSPS) is 11.9. The van der Waals surface area contributed by atoms with Gasteiger partial charge in [-0.25, -0.2) is 17.9 Å². The van der Waals surface area contributed by atoms with E-state index in [1.54, 1.807) is 45.3 Å². The number of aryl methyl sites for hydroxylation is 1. The Morgan fingerprint density at radius 1 is 1.29 bits per heavy atom. The molecule has 8 nitrogen and oxygen atoms in total. The van der Waals surface area contributed by atoms with Gasteiger partial charge in [0.2, 0.25) is 10.0 Å². The third-order valence-corrected chi connectivity index (χ3v) is 6.84. The molecule has 0 fully saturated rings. The Labute approximate surface area is 168 Å². The van der Waals surface area contributed by atoms with Crippen LogP contribution in [0.2, 0.25) is 5.02 Å². The fourth-order valence-corrected chi connectivity index (χ4v) is 4.90. The molecule has 0 aliphatic heterocycles. The Kier molecular flexibility index (Phi) is 5.69. The standard InChI is InChI=1S/C18H20ClN5O3S/c1-4-23(5-2)28(26,27)15-11-13(7-8-14(15)19)21-18(25)16-12(3)22-24-10-6-9-20-17(16)24/h6-11H,4-5H2,1-3H3,(H,21,25). The molecule has 0 aliphatic carbocycles. The van der Waals surface area contributed by atoms with Crippen molar-refractivity contribution >= 4 is 38.9 Å². The van der Waals surface area contributed by atoms with Crippen molar-refractivity contribution in [2.24, 2.45) is 0 Å². The van der Waals surface area contributed by atoms with E-state index in [1.165, 1.54) is 21.0 Å². The van der Waals surface area contributed by atoms with Crippen molar-refractivity contribution in [3.05, 3.63) is 52.9 Å². The summed E-state index contributed by atoms with van der Waals surface area (Å²) in [6.45, 7) is 5.85. The highest BCUT2D eigenvalue weighted by molar-refractivity contribution is 7.89. The van der Waals surface area contributed by atoms with Gasteiger partial charge in [0.15, 0.2) is 5.65 Å². The minimum Gasteiger partial charge on any atom is -0.322 e. The van der Waals surface area contributed by atoms with Crippen molar-refractivity contribution in [3.63, 3.8) is 0 Å². The predicted octanol–water partition coefficient (Wildman–Crippen LogP) is 2.97. The van der Waals surface area contributed by atoms with Gasteiger partial charge in [-0.3, -0.25) is 4.79 Å². The quantitative estimate of drug-likeness (QED) is 0.660. The zero-order valence-electron chi connectivity index (χ0n) is 15.7. The third kappa shape index (κ3) is 3.60. The largest absolute Gasteiger partial charge is 0.322 e. The third-order valence-electron chi connectivity index (χ3n) is 4.31. The lowest BCUT2D eigenvalue weighted by atomic mass is 10.2. The summed E-state index contributed by atoms with van der Waals surface area (Å²) in [6.07, 6.45) is 3.27. The van der Waals surface area contributed by atoms with Crippen LogP contribution in [-0.4, -0.2) is 46.3 Å². The summed E-state index contributed by atoms with van der Waals surface area (Å²) in [5.74, 6) is -0.431. The molecule has 3 aromatic rings. The van der Waals surface area contributed by atoms with Gasteiger partial charge in [-0.2, -0.15) is 9.40 Å². The molecule has 2 heterocycles. The number of halogens is 1. The van der Waals surface area contributed by atoms with Gasteiger partial charge < -0.3 is 5.32 Å². The van der Waals surface area contributed by atoms with Crippen LogP contribution >= 0.6 is 11.6 Å². The lowest BCUT2D eigenvalue weighted by Crippen LogP contribution is -2.30. The lowest BCUT2D eigenvalue weighted by molar-refractivity contribution is 0.102. The van der Waals surface area contributed by atoms with Gasteiger partial charge in [-0.1, -0.05) is 25.4 Å². The molecule has 148 valence electrons. The minimum absolute atomic E-state index is 0.0506. The number of amides is 1. The van der Waals surface area contributed by atoms with Crippen LogP contribution in [-0.2, 0) is 10.0 Å². The zero-order valence-corrected chi connectivity index (χ0v) is 17.3. The van der Waals surface area contributed by atoms with E-state index in [0.717, 1.165) is 0 Å². The fraction of sp³-hybridized carbons (Fsp3) is 0.278. The smallest absolute Gasteiger partial charge is 0.261 e. The molecular weight excluding hydrogens is 402 g/mol. The van der Waals surface area contributed by atoms with Crippen LogP contribution in [0.5, 0.6) is 0 Å². The Hall–Kier alpha value is -2.49. The van der Waals surface area contributed by atoms with Gasteiger partial charge >= 0.3 is 0 Å². The molecular formula is C18H20ClN5O3S. The second kappa shape index (κ2) is 7.86. The molecule has 0 bridgehead atoms. The van der Waals surface area contributed by atoms with Gasteiger partial charge in [-0.05, 0) is 31.2 Å². The molecule has 0 radical (unpaired) electrons. The minimum atomic E-state index is -3.77. The maximum Gasteiger partial charge on any atom is 0.261 e. The number of benzene rings is 1. The summed E-state index contributed by atoms with van der Waals surface area (Å²) < 4.78 is 28.5. The Morgan fingerprint density at radius 3 is 2.68 bits per heavy atom. The van der Waals surface area contributed by atoms with E-state index in [4.69, 9.17) is 11.6 Å². The van der Waals surface area contributed by atoms with E-state index in [1.807, 2.05) is 0 Å². The van der Waals surface area contributed by atoms with E-state index in [-0.39, 0.29) is 9.92 Å². The molecule has 1 aromatic carbocycles. The summed E-state index contributed by atoms with van der Waals surface area (Å²) in [6, 6.07) is 6.08. The van der Waals surface area contributed by atoms with E-state index in [9.17, 15) is 13.2 Å². The number of sulfonamides is 1. The van der Waals surface area contributed by atoms with Crippen molar-refractivity contribution in [2.45, 2.75) is 25.7 Å². The van der Waals surface area contributed by atoms with Gasteiger partial charge in [0.1, 0.15) is 10.5 Å². The summed E-state index contributed by atoms with van der Waals surface area (Å²) >= 11 is 6.14. The number of nitrogens with zero attached hydrogens (tertiary/aromatic N) is 4. The highest BCUT2D eigenvalue weighted by Crippen LogP contribution is 2.28. The summed E-state index contributed by atoms with van der Waals surface area (Å²) in [5, 5.41) is 7.08. The first-order chi connectivity index (χ1) is 13.3. The summed E-state index contributed by atoms with van der Waals surface area (Å²) in [7, 11) is -3.77. The van der Waals surface area contributed by atoms with Crippen LogP contribution in [0.15, 0.2) is 41.6 Å². The van der Waals surface area contributed by atoms with Gasteiger partial charge in [-0.15, -0.1) is 0 Å². The number of fused-ring (bicyclic) bond motifs is 1. The maximum atomic E-state index is 12.8. The van der Waals surface area contributed by atoms with Crippen molar-refractivity contribution < 1.29 is 13.2 Å². The fourth-order valence-electron chi connectivity index (χ4n) is 2.94. The number of hydrogen-bond acceptors (Lipinski definition) is 5. The van der Waals surface area contributed by atoms with Gasteiger partial charge in [0.05, 0.1) is 10.7 Å². The highest BCUT2D eigenvalue weighted by Gasteiger charge is 2.25. The second-order valence-corrected chi connectivity index (χ2v) is 8.35. The molecule has 2 aromatic heterocycles. The Morgan fingerprint density at radius 2 is 2.00 bits per heavy atom. The maximum absolute atomic E-state index is 12.8. The van der Waals surface area contributed by atoms with Gasteiger partial charge in [0, 0.05) is 31.2 Å². The number of hydrogen-bond donors (Lipinski definition) is 1. The van der Waals surface area contributed by atoms with Crippen LogP contribution in [0.4, 0.5) is 5.69 Å². The topological polar surface area (TPSA) is 96.7 Å². The van der Waals surface area contributed by atoms with Crippen LogP contribution in [0.25, 0.3) is 5.65 Å². The van der Waals surface area contributed by atoms with Crippen molar-refractivity contribution in [2.75, 3.05) is 18.4 Å². The SMILES string of the molecule is CCN(CC)S(=O)(=O)c1cc(NC(=O)c2c(C)nn3cccnc23)ccc1Cl. The lowest BCUT2D eigenvalue weighted by Gasteiger charge is -2.19. The van der Waals surface area contributed by atoms with Crippen molar-refractivity contribution in [1.29, 1.82) is 0 Å². The van der Waals surface area contributed by atoms with E-state index in [2.05, 4.69) is 15.4 Å². The number of anilines is 1. The van der Waals surface area contributed by atoms with Crippen LogP contribution in [0, 0.1) is 6.92 Å². The van der Waals surface area contributed by atoms with Crippen molar-refractivity contribution in [3.8, 4) is 0 Å². The molecule has 1 amide bonds. The first-order valence-electron chi connectivity index (χ1n) is 8.70. The average molecular weight is 422 g/mol. The van der Waals surface area contributed by atoms with Crippen molar-refractivity contribution in [1.82, 2.24) is 18.9 Å². The van der Waals surface area contributed by atoms with E-state index < -0.39 is 15.9 Å². The molecule has 0 saturated heterocycles. The summed E-state index contributed by atoms with van der Waals surface area (Å²) in [4.78, 5) is 17.0. The number of nitrogens with one attached hydrogen (secondary N) is 1. The molecule has 1 N–H and O–H groups in total. The first kappa shape index (κ1) is 20.2. The van der Waals surface area contributed by atoms with Crippen LogP contribution < -0.4 is 5.32 Å². The highest BCUT2D eigenvalue weighted by atomic mass is 35.5. The Bertz CT molecular complexity index is 1140. The molecule has 0 spiro atoms. The molecule has 3 rings (SSSR count). The average Bonchev–Trinajstić information content (AvgIpc) is 2.99. The molecule has 10 heteroatoms. The van der Waals surface area contributed by atoms with Gasteiger partial charge in [0.25, 0.3) is 5.91 Å². The van der Waals surface area contributed by atoms with E-state index >= 15 is 0 Å². The summed E-state index contributed by atoms with van der Waals surface area (Å²) in [5.41, 5.74) is 1.57. The molecule has 0 saturated carbocycles. The van der Waals surface area contributed by atoms with Crippen LogP contribution in [0.3, 0.4) is 0 Å². The number of rotatable bonds is 6. The first-order valence-corrected chi connectivity index (χ1v) is 10.5. The number of carbonyl (C=O) groups is 1. The number of carbonyl (C=O) groups excluding carboxylic acids is 1. The van der Waals surface area contributed by atoms with Crippen LogP contribution in [0.1, 0.15) is 29.9 Å². The zero-order chi connectivity index (χ0) is 20.5. The predicted molar refractivity (Wildman–Crippen MR) is 107 cm³/mol. The molecule has 0 atom stereocenters. The number of aromatic nitrogens is 3. The monoisotopic (exact) mass is 421 g/mol. The Balaban J connectivity index is 1.97. The second-order valence-electron chi connectivity index (χ2n) is 6.04. The molecule has 28 heavy (non-hydrogen) atoms. The molecule has 0 unspecified atom stereocenters.